The maximum atomic E-state index is 12.5. The molecule has 1 aliphatic rings. The molecule has 2 aromatic carbocycles. The Morgan fingerprint density at radius 3 is 2.41 bits per heavy atom. The van der Waals surface area contributed by atoms with Crippen LogP contribution in [0.25, 0.3) is 0 Å². The zero-order valence-electron chi connectivity index (χ0n) is 17.8. The molecular formula is C24H32N2O3. The average molecular weight is 397 g/mol. The predicted molar refractivity (Wildman–Crippen MR) is 115 cm³/mol. The molecule has 1 N–H and O–H groups in total. The van der Waals surface area contributed by atoms with Crippen molar-refractivity contribution >= 4 is 6.09 Å². The van der Waals surface area contributed by atoms with Crippen LogP contribution in [0.1, 0.15) is 43.5 Å². The van der Waals surface area contributed by atoms with E-state index in [2.05, 4.69) is 48.2 Å². The number of nitrogens with zero attached hydrogens (tertiary/aromatic N) is 2. The molecule has 1 fully saturated rings. The summed E-state index contributed by atoms with van der Waals surface area (Å²) in [7, 11) is 0. The number of ether oxygens (including phenoxy) is 1. The molecule has 2 unspecified atom stereocenters. The first kappa shape index (κ1) is 21.3. The van der Waals surface area contributed by atoms with Crippen LogP contribution >= 0.6 is 0 Å². The molecule has 5 nitrogen and oxygen atoms in total. The Bertz CT molecular complexity index is 816. The molecule has 0 bridgehead atoms. The molecule has 2 aromatic rings. The summed E-state index contributed by atoms with van der Waals surface area (Å²) >= 11 is 0. The van der Waals surface area contributed by atoms with Crippen molar-refractivity contribution in [3.63, 3.8) is 0 Å². The van der Waals surface area contributed by atoms with Crippen LogP contribution in [0.2, 0.25) is 0 Å². The fourth-order valence-electron chi connectivity index (χ4n) is 3.92. The van der Waals surface area contributed by atoms with E-state index in [4.69, 9.17) is 4.74 Å². The number of aliphatic hydroxyl groups excluding tert-OH is 1. The summed E-state index contributed by atoms with van der Waals surface area (Å²) < 4.78 is 5.54. The highest BCUT2D eigenvalue weighted by Gasteiger charge is 2.36. The molecule has 0 radical (unpaired) electrons. The van der Waals surface area contributed by atoms with E-state index in [1.165, 1.54) is 16.7 Å². The number of piperazine rings is 1. The molecule has 3 rings (SSSR count). The standard InChI is InChI=1S/C24H32N2O3/c1-18-9-8-12-20(15-18)22(19-10-6-5-7-11-19)26-14-13-25(16-21(26)17-27)23(28)29-24(2,3)4/h5-12,15,21-22,27H,13-14,16-17H2,1-4H3. The lowest BCUT2D eigenvalue weighted by molar-refractivity contribution is -0.0115. The minimum absolute atomic E-state index is 0.0194. The Balaban J connectivity index is 1.88. The van der Waals surface area contributed by atoms with Gasteiger partial charge >= 0.3 is 6.09 Å². The Morgan fingerprint density at radius 2 is 1.79 bits per heavy atom. The van der Waals surface area contributed by atoms with E-state index in [-0.39, 0.29) is 24.8 Å². The normalized spacial score (nSPS) is 19.1. The average Bonchev–Trinajstić information content (AvgIpc) is 2.68. The van der Waals surface area contributed by atoms with E-state index in [9.17, 15) is 9.90 Å². The van der Waals surface area contributed by atoms with Gasteiger partial charge in [0.25, 0.3) is 0 Å². The van der Waals surface area contributed by atoms with Crippen molar-refractivity contribution in [2.24, 2.45) is 0 Å². The molecule has 1 amide bonds. The van der Waals surface area contributed by atoms with Crippen molar-refractivity contribution in [1.29, 1.82) is 0 Å². The molecule has 0 aromatic heterocycles. The summed E-state index contributed by atoms with van der Waals surface area (Å²) in [6.45, 7) is 9.36. The largest absolute Gasteiger partial charge is 0.444 e. The number of aliphatic hydroxyl groups is 1. The first-order valence-corrected chi connectivity index (χ1v) is 10.2. The molecule has 0 saturated carbocycles. The minimum atomic E-state index is -0.531. The third-order valence-electron chi connectivity index (χ3n) is 5.20. The van der Waals surface area contributed by atoms with Crippen molar-refractivity contribution in [2.45, 2.75) is 45.4 Å². The maximum absolute atomic E-state index is 12.5. The van der Waals surface area contributed by atoms with Crippen molar-refractivity contribution in [3.8, 4) is 0 Å². The summed E-state index contributed by atoms with van der Waals surface area (Å²) in [6, 6.07) is 18.7. The zero-order chi connectivity index (χ0) is 21.0. The van der Waals surface area contributed by atoms with Crippen molar-refractivity contribution < 1.29 is 14.6 Å². The van der Waals surface area contributed by atoms with Gasteiger partial charge in [0.2, 0.25) is 0 Å². The molecule has 0 spiro atoms. The molecule has 5 heteroatoms. The molecule has 1 aliphatic heterocycles. The van der Waals surface area contributed by atoms with Crippen LogP contribution in [-0.2, 0) is 4.74 Å². The number of aryl methyl sites for hydroxylation is 1. The minimum Gasteiger partial charge on any atom is -0.444 e. The topological polar surface area (TPSA) is 53.0 Å². The Kier molecular flexibility index (Phi) is 6.60. The molecule has 0 aliphatic carbocycles. The van der Waals surface area contributed by atoms with Gasteiger partial charge in [-0.15, -0.1) is 0 Å². The van der Waals surface area contributed by atoms with Gasteiger partial charge in [0.05, 0.1) is 18.7 Å². The Hall–Kier alpha value is -2.37. The third-order valence-corrected chi connectivity index (χ3v) is 5.20. The molecule has 2 atom stereocenters. The summed E-state index contributed by atoms with van der Waals surface area (Å²) in [4.78, 5) is 16.6. The van der Waals surface area contributed by atoms with Crippen molar-refractivity contribution in [3.05, 3.63) is 71.3 Å². The Labute approximate surface area is 173 Å². The molecule has 1 heterocycles. The SMILES string of the molecule is Cc1cccc(C(c2ccccc2)N2CCN(C(=O)OC(C)(C)C)CC2CO)c1. The quantitative estimate of drug-likeness (QED) is 0.849. The highest BCUT2D eigenvalue weighted by Crippen LogP contribution is 2.32. The Morgan fingerprint density at radius 1 is 1.10 bits per heavy atom. The van der Waals surface area contributed by atoms with Crippen LogP contribution in [0, 0.1) is 6.92 Å². The van der Waals surface area contributed by atoms with E-state index in [0.717, 1.165) is 0 Å². The lowest BCUT2D eigenvalue weighted by Gasteiger charge is -2.45. The van der Waals surface area contributed by atoms with Gasteiger partial charge in [-0.25, -0.2) is 4.79 Å². The van der Waals surface area contributed by atoms with E-state index in [1.807, 2.05) is 39.0 Å². The predicted octanol–water partition coefficient (Wildman–Crippen LogP) is 4.00. The van der Waals surface area contributed by atoms with Gasteiger partial charge in [0, 0.05) is 19.6 Å². The lowest BCUT2D eigenvalue weighted by Crippen LogP contribution is -2.57. The number of amides is 1. The van der Waals surface area contributed by atoms with Gasteiger partial charge in [-0.1, -0.05) is 60.2 Å². The second-order valence-corrected chi connectivity index (χ2v) is 8.73. The monoisotopic (exact) mass is 396 g/mol. The van der Waals surface area contributed by atoms with Gasteiger partial charge < -0.3 is 14.7 Å². The van der Waals surface area contributed by atoms with Crippen molar-refractivity contribution in [2.75, 3.05) is 26.2 Å². The summed E-state index contributed by atoms with van der Waals surface area (Å²) in [5.74, 6) is 0. The highest BCUT2D eigenvalue weighted by atomic mass is 16.6. The second-order valence-electron chi connectivity index (χ2n) is 8.73. The van der Waals surface area contributed by atoms with Gasteiger partial charge in [-0.05, 0) is 38.8 Å². The van der Waals surface area contributed by atoms with Crippen LogP contribution in [0.5, 0.6) is 0 Å². The van der Waals surface area contributed by atoms with Crippen molar-refractivity contribution in [1.82, 2.24) is 9.80 Å². The summed E-state index contributed by atoms with van der Waals surface area (Å²) in [5.41, 5.74) is 3.05. The number of hydrogen-bond acceptors (Lipinski definition) is 4. The van der Waals surface area contributed by atoms with Crippen LogP contribution in [0.4, 0.5) is 4.79 Å². The van der Waals surface area contributed by atoms with E-state index < -0.39 is 5.60 Å². The zero-order valence-corrected chi connectivity index (χ0v) is 17.8. The van der Waals surface area contributed by atoms with Gasteiger partial charge in [0.15, 0.2) is 0 Å². The molecule has 1 saturated heterocycles. The highest BCUT2D eigenvalue weighted by molar-refractivity contribution is 5.68. The van der Waals surface area contributed by atoms with Crippen LogP contribution < -0.4 is 0 Å². The number of carbonyl (C=O) groups excluding carboxylic acids is 1. The van der Waals surface area contributed by atoms with Crippen LogP contribution in [0.15, 0.2) is 54.6 Å². The van der Waals surface area contributed by atoms with Crippen LogP contribution in [0.3, 0.4) is 0 Å². The summed E-state index contributed by atoms with van der Waals surface area (Å²) in [5, 5.41) is 10.2. The van der Waals surface area contributed by atoms with Crippen LogP contribution in [-0.4, -0.2) is 58.9 Å². The van der Waals surface area contributed by atoms with E-state index in [1.54, 1.807) is 4.90 Å². The first-order valence-electron chi connectivity index (χ1n) is 10.2. The fourth-order valence-corrected chi connectivity index (χ4v) is 3.92. The molecule has 156 valence electrons. The smallest absolute Gasteiger partial charge is 0.410 e. The number of hydrogen-bond donors (Lipinski definition) is 1. The number of rotatable bonds is 4. The summed E-state index contributed by atoms with van der Waals surface area (Å²) in [6.07, 6.45) is -0.317. The maximum Gasteiger partial charge on any atom is 0.410 e. The van der Waals surface area contributed by atoms with Gasteiger partial charge in [0.1, 0.15) is 5.60 Å². The van der Waals surface area contributed by atoms with Gasteiger partial charge in [-0.3, -0.25) is 4.90 Å². The fraction of sp³-hybridized carbons (Fsp3) is 0.458. The van der Waals surface area contributed by atoms with E-state index in [0.29, 0.717) is 19.6 Å². The number of carbonyl (C=O) groups is 1. The van der Waals surface area contributed by atoms with Gasteiger partial charge in [-0.2, -0.15) is 0 Å². The lowest BCUT2D eigenvalue weighted by atomic mass is 9.93. The molecule has 29 heavy (non-hydrogen) atoms. The molecular weight excluding hydrogens is 364 g/mol. The number of benzene rings is 2. The first-order chi connectivity index (χ1) is 13.8. The second kappa shape index (κ2) is 8.97. The third kappa shape index (κ3) is 5.37. The van der Waals surface area contributed by atoms with E-state index >= 15 is 0 Å².